The van der Waals surface area contributed by atoms with Crippen LogP contribution < -0.4 is 4.72 Å². The first-order chi connectivity index (χ1) is 8.44. The van der Waals surface area contributed by atoms with Gasteiger partial charge >= 0.3 is 0 Å². The molecule has 0 heterocycles. The molecule has 0 saturated heterocycles. The van der Waals surface area contributed by atoms with Gasteiger partial charge in [-0.25, -0.2) is 13.1 Å². The topological polar surface area (TPSA) is 66.4 Å². The number of sulfonamides is 1. The second-order valence-electron chi connectivity index (χ2n) is 4.74. The van der Waals surface area contributed by atoms with Gasteiger partial charge in [-0.1, -0.05) is 18.5 Å². The van der Waals surface area contributed by atoms with Crippen molar-refractivity contribution in [3.05, 3.63) is 28.8 Å². The van der Waals surface area contributed by atoms with Crippen LogP contribution in [0.5, 0.6) is 0 Å². The van der Waals surface area contributed by atoms with E-state index in [1.54, 1.807) is 0 Å². The summed E-state index contributed by atoms with van der Waals surface area (Å²) in [5, 5.41) is 9.44. The highest BCUT2D eigenvalue weighted by Crippen LogP contribution is 2.37. The minimum atomic E-state index is -3.51. The smallest absolute Gasteiger partial charge is 0.240 e. The quantitative estimate of drug-likeness (QED) is 0.868. The number of aliphatic hydroxyl groups is 1. The van der Waals surface area contributed by atoms with Crippen LogP contribution in [0.25, 0.3) is 0 Å². The van der Waals surface area contributed by atoms with E-state index in [-0.39, 0.29) is 11.5 Å². The molecule has 0 spiro atoms. The molecule has 1 aliphatic rings. The molecule has 6 heteroatoms. The average Bonchev–Trinajstić information content (AvgIpc) is 3.03. The van der Waals surface area contributed by atoms with E-state index >= 15 is 0 Å². The maximum absolute atomic E-state index is 12.0. The van der Waals surface area contributed by atoms with Gasteiger partial charge in [0.25, 0.3) is 0 Å². The molecule has 0 aliphatic heterocycles. The molecule has 2 N–H and O–H groups in total. The van der Waals surface area contributed by atoms with Crippen LogP contribution in [0.15, 0.2) is 23.1 Å². The summed E-state index contributed by atoms with van der Waals surface area (Å²) in [7, 11) is -3.51. The van der Waals surface area contributed by atoms with Crippen molar-refractivity contribution in [2.24, 2.45) is 11.8 Å². The highest BCUT2D eigenvalue weighted by molar-refractivity contribution is 7.89. The van der Waals surface area contributed by atoms with Gasteiger partial charge in [-0.15, -0.1) is 0 Å². The van der Waals surface area contributed by atoms with Crippen LogP contribution in [0.1, 0.15) is 18.9 Å². The molecule has 0 radical (unpaired) electrons. The predicted molar refractivity (Wildman–Crippen MR) is 69.8 cm³/mol. The fourth-order valence-electron chi connectivity index (χ4n) is 1.82. The molecule has 1 aromatic rings. The molecular formula is C12H16ClNO3S. The maximum atomic E-state index is 12.0. The van der Waals surface area contributed by atoms with Gasteiger partial charge in [-0.05, 0) is 42.0 Å². The van der Waals surface area contributed by atoms with Gasteiger partial charge in [0.2, 0.25) is 10.0 Å². The third-order valence-corrected chi connectivity index (χ3v) is 5.10. The van der Waals surface area contributed by atoms with Gasteiger partial charge in [0.1, 0.15) is 0 Å². The van der Waals surface area contributed by atoms with Crippen molar-refractivity contribution in [3.63, 3.8) is 0 Å². The number of rotatable bonds is 5. The molecular weight excluding hydrogens is 274 g/mol. The van der Waals surface area contributed by atoms with Crippen LogP contribution in [-0.4, -0.2) is 20.1 Å². The number of benzene rings is 1. The molecule has 4 nitrogen and oxygen atoms in total. The third kappa shape index (κ3) is 3.03. The zero-order chi connectivity index (χ0) is 13.3. The maximum Gasteiger partial charge on any atom is 0.240 e. The first-order valence-electron chi connectivity index (χ1n) is 5.83. The fourth-order valence-corrected chi connectivity index (χ4v) is 3.15. The molecule has 2 rings (SSSR count). The highest BCUT2D eigenvalue weighted by Gasteiger charge is 2.33. The molecule has 0 aromatic heterocycles. The summed E-state index contributed by atoms with van der Waals surface area (Å²) in [6.45, 7) is 2.30. The van der Waals surface area contributed by atoms with Crippen molar-refractivity contribution in [2.75, 3.05) is 6.54 Å². The molecule has 1 fully saturated rings. The Morgan fingerprint density at radius 1 is 1.50 bits per heavy atom. The predicted octanol–water partition coefficient (Wildman–Crippen LogP) is 1.77. The SMILES string of the molecule is CC1CC1CNS(=O)(=O)c1ccc(Cl)c(CO)c1. The van der Waals surface area contributed by atoms with E-state index in [1.807, 2.05) is 0 Å². The summed E-state index contributed by atoms with van der Waals surface area (Å²) in [6.07, 6.45) is 1.07. The number of aliphatic hydroxyl groups excluding tert-OH is 1. The van der Waals surface area contributed by atoms with E-state index < -0.39 is 10.0 Å². The van der Waals surface area contributed by atoms with Crippen molar-refractivity contribution < 1.29 is 13.5 Å². The highest BCUT2D eigenvalue weighted by atomic mass is 35.5. The Morgan fingerprint density at radius 3 is 2.72 bits per heavy atom. The van der Waals surface area contributed by atoms with Crippen LogP contribution in [0, 0.1) is 11.8 Å². The van der Waals surface area contributed by atoms with Crippen LogP contribution in [0.3, 0.4) is 0 Å². The molecule has 1 aliphatic carbocycles. The van der Waals surface area contributed by atoms with Gasteiger partial charge in [0.15, 0.2) is 0 Å². The number of halogens is 1. The molecule has 18 heavy (non-hydrogen) atoms. The second kappa shape index (κ2) is 5.17. The lowest BCUT2D eigenvalue weighted by molar-refractivity contribution is 0.281. The van der Waals surface area contributed by atoms with Crippen LogP contribution >= 0.6 is 11.6 Å². The molecule has 100 valence electrons. The van der Waals surface area contributed by atoms with Crippen LogP contribution in [0.2, 0.25) is 5.02 Å². The summed E-state index contributed by atoms with van der Waals surface area (Å²) in [4.78, 5) is 0.143. The first kappa shape index (κ1) is 13.8. The Balaban J connectivity index is 2.13. The largest absolute Gasteiger partial charge is 0.392 e. The van der Waals surface area contributed by atoms with E-state index in [4.69, 9.17) is 16.7 Å². The van der Waals surface area contributed by atoms with Gasteiger partial charge in [0.05, 0.1) is 11.5 Å². The first-order valence-corrected chi connectivity index (χ1v) is 7.69. The van der Waals surface area contributed by atoms with E-state index in [1.165, 1.54) is 18.2 Å². The molecule has 0 bridgehead atoms. The number of hydrogen-bond acceptors (Lipinski definition) is 3. The number of hydrogen-bond donors (Lipinski definition) is 2. The minimum absolute atomic E-state index is 0.143. The lowest BCUT2D eigenvalue weighted by atomic mass is 10.2. The zero-order valence-electron chi connectivity index (χ0n) is 10.1. The fraction of sp³-hybridized carbons (Fsp3) is 0.500. The van der Waals surface area contributed by atoms with E-state index in [2.05, 4.69) is 11.6 Å². The monoisotopic (exact) mass is 289 g/mol. The van der Waals surface area contributed by atoms with Gasteiger partial charge in [-0.2, -0.15) is 0 Å². The van der Waals surface area contributed by atoms with E-state index in [0.29, 0.717) is 29.0 Å². The Morgan fingerprint density at radius 2 is 2.17 bits per heavy atom. The molecule has 2 atom stereocenters. The Labute approximate surface area is 112 Å². The van der Waals surface area contributed by atoms with Crippen molar-refractivity contribution in [1.82, 2.24) is 4.72 Å². The van der Waals surface area contributed by atoms with Crippen molar-refractivity contribution in [3.8, 4) is 0 Å². The average molecular weight is 290 g/mol. The Hall–Kier alpha value is -0.620. The lowest BCUT2D eigenvalue weighted by Gasteiger charge is -2.08. The summed E-state index contributed by atoms with van der Waals surface area (Å²) < 4.78 is 26.6. The lowest BCUT2D eigenvalue weighted by Crippen LogP contribution is -2.26. The van der Waals surface area contributed by atoms with Crippen LogP contribution in [-0.2, 0) is 16.6 Å². The van der Waals surface area contributed by atoms with E-state index in [9.17, 15) is 8.42 Å². The summed E-state index contributed by atoms with van der Waals surface area (Å²) in [5.74, 6) is 1.05. The number of nitrogens with one attached hydrogen (secondary N) is 1. The summed E-state index contributed by atoms with van der Waals surface area (Å²) in [5.41, 5.74) is 0.416. The van der Waals surface area contributed by atoms with Gasteiger partial charge < -0.3 is 5.11 Å². The second-order valence-corrected chi connectivity index (χ2v) is 6.91. The Kier molecular flexibility index (Phi) is 3.96. The third-order valence-electron chi connectivity index (χ3n) is 3.31. The van der Waals surface area contributed by atoms with Gasteiger partial charge in [-0.3, -0.25) is 0 Å². The summed E-state index contributed by atoms with van der Waals surface area (Å²) >= 11 is 5.83. The zero-order valence-corrected chi connectivity index (χ0v) is 11.6. The molecule has 1 aromatic carbocycles. The van der Waals surface area contributed by atoms with Crippen molar-refractivity contribution >= 4 is 21.6 Å². The van der Waals surface area contributed by atoms with E-state index in [0.717, 1.165) is 6.42 Å². The van der Waals surface area contributed by atoms with Crippen molar-refractivity contribution in [2.45, 2.75) is 24.8 Å². The molecule has 1 saturated carbocycles. The minimum Gasteiger partial charge on any atom is -0.392 e. The molecule has 0 amide bonds. The van der Waals surface area contributed by atoms with Crippen molar-refractivity contribution in [1.29, 1.82) is 0 Å². The van der Waals surface area contributed by atoms with Crippen LogP contribution in [0.4, 0.5) is 0 Å². The van der Waals surface area contributed by atoms with Gasteiger partial charge in [0, 0.05) is 11.6 Å². The standard InChI is InChI=1S/C12H16ClNO3S/c1-8-4-9(8)6-14-18(16,17)11-2-3-12(13)10(5-11)7-15/h2-3,5,8-9,14-15H,4,6-7H2,1H3. The Bertz CT molecular complexity index is 544. The normalized spacial score (nSPS) is 23.1. The molecule has 2 unspecified atom stereocenters. The summed E-state index contributed by atoms with van der Waals surface area (Å²) in [6, 6.07) is 4.34.